The Labute approximate surface area is 450 Å². The minimum Gasteiger partial charge on any atom is -0.310 e. The van der Waals surface area contributed by atoms with Gasteiger partial charge in [-0.15, -0.1) is 0 Å². The number of rotatable bonds is 20. The molecule has 0 amide bonds. The SMILES string of the molecule is c1ccc(CCc2ccc(N(c3ccc(CCc4ccccc4)cc3)c3cccc(-c4ccc(-c5cccc(N(c6ccc(CCc7ccccc7)cc6)c6ccc(CCc7ccccc7)cc6)c5)cc4)c3)cc2)cc1. The fourth-order valence-corrected chi connectivity index (χ4v) is 10.4. The van der Waals surface area contributed by atoms with Gasteiger partial charge in [-0.25, -0.2) is 0 Å². The highest BCUT2D eigenvalue weighted by atomic mass is 15.1. The molecule has 0 spiro atoms. The Kier molecular flexibility index (Phi) is 15.8. The summed E-state index contributed by atoms with van der Waals surface area (Å²) in [6.45, 7) is 0. The number of hydrogen-bond donors (Lipinski definition) is 0. The van der Waals surface area contributed by atoms with Crippen molar-refractivity contribution in [3.8, 4) is 22.3 Å². The van der Waals surface area contributed by atoms with Gasteiger partial charge in [-0.2, -0.15) is 0 Å². The van der Waals surface area contributed by atoms with Gasteiger partial charge in [-0.05, 0) is 191 Å². The summed E-state index contributed by atoms with van der Waals surface area (Å²) in [7, 11) is 0. The molecule has 0 atom stereocenters. The molecule has 0 aliphatic carbocycles. The van der Waals surface area contributed by atoms with E-state index in [0.29, 0.717) is 0 Å². The first kappa shape index (κ1) is 49.2. The summed E-state index contributed by atoms with van der Waals surface area (Å²) < 4.78 is 0. The van der Waals surface area contributed by atoms with E-state index < -0.39 is 0 Å². The molecule has 0 radical (unpaired) electrons. The van der Waals surface area contributed by atoms with Crippen LogP contribution in [0.15, 0.2) is 291 Å². The lowest BCUT2D eigenvalue weighted by molar-refractivity contribution is 0.959. The van der Waals surface area contributed by atoms with Gasteiger partial charge in [0.25, 0.3) is 0 Å². The number of benzene rings is 11. The molecule has 0 saturated carbocycles. The molecular weight excluding hydrogens is 917 g/mol. The second-order valence-corrected chi connectivity index (χ2v) is 20.0. The van der Waals surface area contributed by atoms with E-state index in [2.05, 4.69) is 301 Å². The highest BCUT2D eigenvalue weighted by Crippen LogP contribution is 2.40. The van der Waals surface area contributed by atoms with Crippen molar-refractivity contribution in [1.29, 1.82) is 0 Å². The number of hydrogen-bond acceptors (Lipinski definition) is 2. The smallest absolute Gasteiger partial charge is 0.0467 e. The van der Waals surface area contributed by atoms with Crippen molar-refractivity contribution in [1.82, 2.24) is 0 Å². The van der Waals surface area contributed by atoms with E-state index in [4.69, 9.17) is 0 Å². The molecule has 76 heavy (non-hydrogen) atoms. The molecule has 11 rings (SSSR count). The topological polar surface area (TPSA) is 6.48 Å². The van der Waals surface area contributed by atoms with Gasteiger partial charge in [-0.1, -0.05) is 218 Å². The summed E-state index contributed by atoms with van der Waals surface area (Å²) in [4.78, 5) is 4.79. The highest BCUT2D eigenvalue weighted by Gasteiger charge is 2.17. The van der Waals surface area contributed by atoms with Crippen molar-refractivity contribution in [2.75, 3.05) is 9.80 Å². The van der Waals surface area contributed by atoms with Gasteiger partial charge in [-0.3, -0.25) is 0 Å². The first-order chi connectivity index (χ1) is 37.6. The van der Waals surface area contributed by atoms with E-state index in [9.17, 15) is 0 Å². The van der Waals surface area contributed by atoms with Crippen LogP contribution in [0.2, 0.25) is 0 Å². The average molecular weight is 981 g/mol. The zero-order valence-corrected chi connectivity index (χ0v) is 43.3. The molecule has 0 fully saturated rings. The number of aryl methyl sites for hydroxylation is 8. The molecule has 370 valence electrons. The van der Waals surface area contributed by atoms with Gasteiger partial charge in [0.05, 0.1) is 0 Å². The third kappa shape index (κ3) is 12.7. The molecule has 0 aliphatic heterocycles. The summed E-state index contributed by atoms with van der Waals surface area (Å²) in [5, 5.41) is 0. The van der Waals surface area contributed by atoms with E-state index in [1.165, 1.54) is 66.8 Å². The Bertz CT molecular complexity index is 3100. The van der Waals surface area contributed by atoms with E-state index >= 15 is 0 Å². The van der Waals surface area contributed by atoms with Crippen LogP contribution in [0, 0.1) is 0 Å². The second kappa shape index (κ2) is 24.4. The monoisotopic (exact) mass is 981 g/mol. The average Bonchev–Trinajstić information content (AvgIpc) is 3.50. The summed E-state index contributed by atoms with van der Waals surface area (Å²) in [6, 6.07) is 107. The van der Waals surface area contributed by atoms with Crippen LogP contribution < -0.4 is 9.80 Å². The minimum atomic E-state index is 1.00. The molecule has 0 N–H and O–H groups in total. The fourth-order valence-electron chi connectivity index (χ4n) is 10.4. The number of nitrogens with zero attached hydrogens (tertiary/aromatic N) is 2. The van der Waals surface area contributed by atoms with Crippen LogP contribution in [0.25, 0.3) is 22.3 Å². The summed E-state index contributed by atoms with van der Waals surface area (Å²) >= 11 is 0. The van der Waals surface area contributed by atoms with Gasteiger partial charge >= 0.3 is 0 Å². The molecule has 0 heterocycles. The standard InChI is InChI=1S/C74H64N2/c1-5-15-57(16-6-1)27-31-61-35-47-69(48-36-61)75(70-49-37-62(38-50-70)32-28-58-17-7-2-8-18-58)73-25-13-23-67(55-73)65-43-45-66(46-44-65)68-24-14-26-74(56-68)76(71-51-39-63(40-52-71)33-29-59-19-9-3-10-20-59)72-53-41-64(42-54-72)34-30-60-21-11-4-12-22-60/h1-26,35-56H,27-34H2. The lowest BCUT2D eigenvalue weighted by atomic mass is 9.99. The second-order valence-electron chi connectivity index (χ2n) is 20.0. The molecule has 0 aliphatic rings. The normalized spacial score (nSPS) is 11.1. The van der Waals surface area contributed by atoms with Crippen molar-refractivity contribution >= 4 is 34.1 Å². The predicted molar refractivity (Wildman–Crippen MR) is 322 cm³/mol. The predicted octanol–water partition coefficient (Wildman–Crippen LogP) is 19.1. The molecular formula is C74H64N2. The van der Waals surface area contributed by atoms with Gasteiger partial charge in [0.15, 0.2) is 0 Å². The van der Waals surface area contributed by atoms with Gasteiger partial charge in [0, 0.05) is 34.1 Å². The van der Waals surface area contributed by atoms with E-state index in [1.807, 2.05) is 0 Å². The maximum absolute atomic E-state index is 2.40. The van der Waals surface area contributed by atoms with Gasteiger partial charge < -0.3 is 9.80 Å². The van der Waals surface area contributed by atoms with Crippen LogP contribution in [0.1, 0.15) is 44.5 Å². The highest BCUT2D eigenvalue weighted by molar-refractivity contribution is 5.83. The number of anilines is 6. The molecule has 2 heteroatoms. The lowest BCUT2D eigenvalue weighted by Gasteiger charge is -2.26. The Morgan fingerprint density at radius 2 is 0.382 bits per heavy atom. The van der Waals surface area contributed by atoms with Crippen molar-refractivity contribution in [2.45, 2.75) is 51.4 Å². The van der Waals surface area contributed by atoms with Crippen molar-refractivity contribution in [2.24, 2.45) is 0 Å². The van der Waals surface area contributed by atoms with Crippen molar-refractivity contribution < 1.29 is 0 Å². The Morgan fingerprint density at radius 1 is 0.158 bits per heavy atom. The molecule has 2 nitrogen and oxygen atoms in total. The van der Waals surface area contributed by atoms with Crippen LogP contribution in [-0.2, 0) is 51.4 Å². The summed E-state index contributed by atoms with van der Waals surface area (Å²) in [6.07, 6.45) is 8.10. The van der Waals surface area contributed by atoms with Crippen LogP contribution in [-0.4, -0.2) is 0 Å². The van der Waals surface area contributed by atoms with E-state index in [0.717, 1.165) is 85.5 Å². The largest absolute Gasteiger partial charge is 0.310 e. The Hall–Kier alpha value is -8.98. The molecule has 0 aromatic heterocycles. The van der Waals surface area contributed by atoms with Gasteiger partial charge in [0.2, 0.25) is 0 Å². The van der Waals surface area contributed by atoms with Crippen LogP contribution >= 0.6 is 0 Å². The zero-order chi connectivity index (χ0) is 51.1. The fraction of sp³-hybridized carbons (Fsp3) is 0.108. The van der Waals surface area contributed by atoms with Crippen LogP contribution in [0.4, 0.5) is 34.1 Å². The minimum absolute atomic E-state index is 1.00. The Morgan fingerprint density at radius 3 is 0.618 bits per heavy atom. The third-order valence-corrected chi connectivity index (χ3v) is 14.7. The van der Waals surface area contributed by atoms with Crippen LogP contribution in [0.5, 0.6) is 0 Å². The maximum atomic E-state index is 2.40. The van der Waals surface area contributed by atoms with E-state index in [1.54, 1.807) is 0 Å². The first-order valence-corrected chi connectivity index (χ1v) is 27.1. The molecule has 0 bridgehead atoms. The van der Waals surface area contributed by atoms with Crippen molar-refractivity contribution in [3.63, 3.8) is 0 Å². The van der Waals surface area contributed by atoms with Crippen LogP contribution in [0.3, 0.4) is 0 Å². The van der Waals surface area contributed by atoms with Crippen molar-refractivity contribution in [3.05, 3.63) is 336 Å². The first-order valence-electron chi connectivity index (χ1n) is 27.1. The third-order valence-electron chi connectivity index (χ3n) is 14.7. The zero-order valence-electron chi connectivity index (χ0n) is 43.3. The quantitative estimate of drug-likeness (QED) is 0.0751. The maximum Gasteiger partial charge on any atom is 0.0467 e. The van der Waals surface area contributed by atoms with E-state index in [-0.39, 0.29) is 0 Å². The molecule has 0 saturated heterocycles. The van der Waals surface area contributed by atoms with Gasteiger partial charge in [0.1, 0.15) is 0 Å². The Balaban J connectivity index is 0.852. The molecule has 11 aromatic carbocycles. The summed E-state index contributed by atoms with van der Waals surface area (Å²) in [5.74, 6) is 0. The summed E-state index contributed by atoms with van der Waals surface area (Å²) in [5.41, 5.74) is 22.3. The lowest BCUT2D eigenvalue weighted by Crippen LogP contribution is -2.10. The molecule has 11 aromatic rings. The molecule has 0 unspecified atom stereocenters.